The number of aliphatic hydroxyl groups is 1. The Morgan fingerprint density at radius 3 is 2.68 bits per heavy atom. The van der Waals surface area contributed by atoms with E-state index in [0.717, 1.165) is 18.2 Å². The predicted octanol–water partition coefficient (Wildman–Crippen LogP) is 3.58. The molecule has 0 aromatic rings. The Bertz CT molecular complexity index is 255. The third kappa shape index (κ3) is 4.12. The second kappa shape index (κ2) is 7.90. The Morgan fingerprint density at radius 1 is 1.21 bits per heavy atom. The van der Waals surface area contributed by atoms with Gasteiger partial charge in [0, 0.05) is 10.8 Å². The summed E-state index contributed by atoms with van der Waals surface area (Å²) in [6.07, 6.45) is 12.0. The van der Waals surface area contributed by atoms with Gasteiger partial charge in [-0.3, -0.25) is 0 Å². The monoisotopic (exact) mass is 285 g/mol. The van der Waals surface area contributed by atoms with Crippen LogP contribution >= 0.6 is 11.8 Å². The van der Waals surface area contributed by atoms with Gasteiger partial charge in [-0.25, -0.2) is 0 Å². The molecule has 0 radical (unpaired) electrons. The highest BCUT2D eigenvalue weighted by Gasteiger charge is 2.41. The molecule has 2 aliphatic carbocycles. The molecule has 0 heterocycles. The summed E-state index contributed by atoms with van der Waals surface area (Å²) in [7, 11) is 0. The third-order valence-corrected chi connectivity index (χ3v) is 6.50. The molecule has 19 heavy (non-hydrogen) atoms. The van der Waals surface area contributed by atoms with Crippen molar-refractivity contribution in [2.75, 3.05) is 18.9 Å². The Balaban J connectivity index is 1.76. The van der Waals surface area contributed by atoms with Crippen LogP contribution in [0.5, 0.6) is 0 Å². The predicted molar refractivity (Wildman–Crippen MR) is 84.8 cm³/mol. The van der Waals surface area contributed by atoms with Crippen LogP contribution in [0.3, 0.4) is 0 Å². The molecule has 2 N–H and O–H groups in total. The van der Waals surface area contributed by atoms with Gasteiger partial charge in [-0.15, -0.1) is 0 Å². The maximum absolute atomic E-state index is 9.86. The van der Waals surface area contributed by atoms with Crippen molar-refractivity contribution in [3.05, 3.63) is 0 Å². The van der Waals surface area contributed by atoms with E-state index in [9.17, 15) is 5.11 Å². The van der Waals surface area contributed by atoms with Crippen molar-refractivity contribution >= 4 is 11.8 Å². The average Bonchev–Trinajstić information content (AvgIpc) is 3.07. The smallest absolute Gasteiger partial charge is 0.0616 e. The fourth-order valence-electron chi connectivity index (χ4n) is 3.87. The van der Waals surface area contributed by atoms with Crippen LogP contribution in [-0.4, -0.2) is 34.8 Å². The van der Waals surface area contributed by atoms with Gasteiger partial charge in [-0.2, -0.15) is 11.8 Å². The molecule has 0 aromatic heterocycles. The molecule has 2 atom stereocenters. The SMILES string of the molecule is CCCNC1(CO)CCCC1CCSC1CCCC1. The number of nitrogens with one attached hydrogen (secondary N) is 1. The van der Waals surface area contributed by atoms with Crippen molar-refractivity contribution < 1.29 is 5.11 Å². The van der Waals surface area contributed by atoms with Crippen molar-refractivity contribution in [1.29, 1.82) is 0 Å². The molecule has 0 amide bonds. The lowest BCUT2D eigenvalue weighted by Crippen LogP contribution is -2.51. The highest BCUT2D eigenvalue weighted by Crippen LogP contribution is 2.39. The largest absolute Gasteiger partial charge is 0.394 e. The summed E-state index contributed by atoms with van der Waals surface area (Å²) >= 11 is 2.20. The molecule has 0 spiro atoms. The number of hydrogen-bond acceptors (Lipinski definition) is 3. The maximum atomic E-state index is 9.86. The number of thioether (sulfide) groups is 1. The van der Waals surface area contributed by atoms with E-state index < -0.39 is 0 Å². The summed E-state index contributed by atoms with van der Waals surface area (Å²) in [5, 5.41) is 14.5. The lowest BCUT2D eigenvalue weighted by atomic mass is 9.85. The molecule has 2 unspecified atom stereocenters. The van der Waals surface area contributed by atoms with Gasteiger partial charge in [0.1, 0.15) is 0 Å². The first kappa shape index (κ1) is 15.7. The van der Waals surface area contributed by atoms with Crippen LogP contribution in [0.1, 0.15) is 64.7 Å². The zero-order valence-electron chi connectivity index (χ0n) is 12.5. The minimum atomic E-state index is 0.0479. The molecule has 0 bridgehead atoms. The second-order valence-corrected chi connectivity index (χ2v) is 7.80. The van der Waals surface area contributed by atoms with Gasteiger partial charge in [0.2, 0.25) is 0 Å². The van der Waals surface area contributed by atoms with Gasteiger partial charge in [0.05, 0.1) is 6.61 Å². The molecule has 3 heteroatoms. The van der Waals surface area contributed by atoms with Crippen LogP contribution < -0.4 is 5.32 Å². The number of aliphatic hydroxyl groups excluding tert-OH is 1. The van der Waals surface area contributed by atoms with E-state index in [-0.39, 0.29) is 5.54 Å². The molecule has 0 aromatic carbocycles. The van der Waals surface area contributed by atoms with E-state index >= 15 is 0 Å². The first-order chi connectivity index (χ1) is 9.30. The molecule has 0 aliphatic heterocycles. The first-order valence-electron chi connectivity index (χ1n) is 8.28. The Labute approximate surface area is 123 Å². The lowest BCUT2D eigenvalue weighted by molar-refractivity contribution is 0.122. The van der Waals surface area contributed by atoms with Crippen LogP contribution in [0.25, 0.3) is 0 Å². The highest BCUT2D eigenvalue weighted by atomic mass is 32.2. The van der Waals surface area contributed by atoms with E-state index in [1.165, 1.54) is 57.1 Å². The molecule has 2 fully saturated rings. The van der Waals surface area contributed by atoms with Gasteiger partial charge in [-0.05, 0) is 56.7 Å². The summed E-state index contributed by atoms with van der Waals surface area (Å²) in [6.45, 7) is 3.58. The van der Waals surface area contributed by atoms with E-state index in [1.807, 2.05) is 0 Å². The van der Waals surface area contributed by atoms with Gasteiger partial charge in [-0.1, -0.05) is 26.2 Å². The van der Waals surface area contributed by atoms with Crippen LogP contribution in [0.4, 0.5) is 0 Å². The lowest BCUT2D eigenvalue weighted by Gasteiger charge is -2.35. The summed E-state index contributed by atoms with van der Waals surface area (Å²) in [6, 6.07) is 0. The van der Waals surface area contributed by atoms with Crippen molar-refractivity contribution in [3.63, 3.8) is 0 Å². The van der Waals surface area contributed by atoms with E-state index in [1.54, 1.807) is 0 Å². The molecule has 0 saturated heterocycles. The summed E-state index contributed by atoms with van der Waals surface area (Å²) in [5.41, 5.74) is 0.0479. The van der Waals surface area contributed by atoms with Gasteiger partial charge < -0.3 is 10.4 Å². The van der Waals surface area contributed by atoms with Crippen LogP contribution in [0.15, 0.2) is 0 Å². The summed E-state index contributed by atoms with van der Waals surface area (Å²) in [4.78, 5) is 0. The second-order valence-electron chi connectivity index (χ2n) is 6.40. The highest BCUT2D eigenvalue weighted by molar-refractivity contribution is 7.99. The fraction of sp³-hybridized carbons (Fsp3) is 1.00. The van der Waals surface area contributed by atoms with Crippen LogP contribution in [-0.2, 0) is 0 Å². The molecule has 2 aliphatic rings. The minimum Gasteiger partial charge on any atom is -0.394 e. The number of rotatable bonds is 8. The molecule has 2 saturated carbocycles. The third-order valence-electron chi connectivity index (χ3n) is 5.09. The Kier molecular flexibility index (Phi) is 6.51. The van der Waals surface area contributed by atoms with Crippen molar-refractivity contribution in [2.24, 2.45) is 5.92 Å². The minimum absolute atomic E-state index is 0.0479. The maximum Gasteiger partial charge on any atom is 0.0616 e. The van der Waals surface area contributed by atoms with Crippen LogP contribution in [0, 0.1) is 5.92 Å². The normalized spacial score (nSPS) is 32.2. The van der Waals surface area contributed by atoms with Crippen molar-refractivity contribution in [1.82, 2.24) is 5.32 Å². The zero-order valence-corrected chi connectivity index (χ0v) is 13.3. The topological polar surface area (TPSA) is 32.3 Å². The average molecular weight is 285 g/mol. The molecule has 112 valence electrons. The van der Waals surface area contributed by atoms with E-state index in [0.29, 0.717) is 12.5 Å². The quantitative estimate of drug-likeness (QED) is 0.715. The standard InChI is InChI=1S/C16H31NOS/c1-2-11-17-16(13-18)10-5-6-14(16)9-12-19-15-7-3-4-8-15/h14-15,17-18H,2-13H2,1H3. The number of hydrogen-bond donors (Lipinski definition) is 2. The van der Waals surface area contributed by atoms with Crippen molar-refractivity contribution in [2.45, 2.75) is 75.5 Å². The van der Waals surface area contributed by atoms with Gasteiger partial charge in [0.25, 0.3) is 0 Å². The van der Waals surface area contributed by atoms with Gasteiger partial charge >= 0.3 is 0 Å². The van der Waals surface area contributed by atoms with E-state index in [4.69, 9.17) is 0 Å². The fourth-order valence-corrected chi connectivity index (χ4v) is 5.29. The molecule has 2 rings (SSSR count). The van der Waals surface area contributed by atoms with Crippen LogP contribution in [0.2, 0.25) is 0 Å². The molecule has 2 nitrogen and oxygen atoms in total. The Morgan fingerprint density at radius 2 is 2.00 bits per heavy atom. The van der Waals surface area contributed by atoms with Gasteiger partial charge in [0.15, 0.2) is 0 Å². The molecular formula is C16H31NOS. The Hall–Kier alpha value is 0.270. The van der Waals surface area contributed by atoms with Crippen molar-refractivity contribution in [3.8, 4) is 0 Å². The molecular weight excluding hydrogens is 254 g/mol. The first-order valence-corrected chi connectivity index (χ1v) is 9.33. The van der Waals surface area contributed by atoms with E-state index in [2.05, 4.69) is 24.0 Å². The summed E-state index contributed by atoms with van der Waals surface area (Å²) in [5.74, 6) is 1.99. The zero-order chi connectivity index (χ0) is 13.6. The summed E-state index contributed by atoms with van der Waals surface area (Å²) < 4.78 is 0.